The first kappa shape index (κ1) is 17.2. The van der Waals surface area contributed by atoms with Gasteiger partial charge in [0.25, 0.3) is 0 Å². The minimum absolute atomic E-state index is 0.422. The lowest BCUT2D eigenvalue weighted by Crippen LogP contribution is -2.29. The van der Waals surface area contributed by atoms with Crippen molar-refractivity contribution in [1.82, 2.24) is 4.98 Å². The van der Waals surface area contributed by atoms with Crippen LogP contribution in [0.5, 0.6) is 0 Å². The summed E-state index contributed by atoms with van der Waals surface area (Å²) in [5.74, 6) is 0. The maximum absolute atomic E-state index is 12.4. The van der Waals surface area contributed by atoms with Gasteiger partial charge in [0, 0.05) is 28.7 Å². The number of halogens is 1. The Hall–Kier alpha value is -3.25. The number of aromatic nitrogens is 3. The van der Waals surface area contributed by atoms with Crippen LogP contribution in [0.25, 0.3) is 33.9 Å². The third-order valence-electron chi connectivity index (χ3n) is 4.19. The van der Waals surface area contributed by atoms with Gasteiger partial charge < -0.3 is 10.4 Å². The Morgan fingerprint density at radius 2 is 1.37 bits per heavy atom. The number of pyridine rings is 3. The van der Waals surface area contributed by atoms with E-state index in [1.807, 2.05) is 24.3 Å². The first-order valence-electron chi connectivity index (χ1n) is 8.27. The van der Waals surface area contributed by atoms with Crippen molar-refractivity contribution >= 4 is 15.9 Å². The van der Waals surface area contributed by atoms with Crippen LogP contribution in [0.1, 0.15) is 0 Å². The summed E-state index contributed by atoms with van der Waals surface area (Å²) in [6.45, 7) is 0. The van der Waals surface area contributed by atoms with E-state index < -0.39 is 0 Å². The van der Waals surface area contributed by atoms with E-state index in [9.17, 15) is 10.4 Å². The Bertz CT molecular complexity index is 1110. The second-order valence-electron chi connectivity index (χ2n) is 5.95. The molecule has 4 rings (SSSR count). The molecule has 0 amide bonds. The van der Waals surface area contributed by atoms with Gasteiger partial charge in [-0.2, -0.15) is 9.46 Å². The summed E-state index contributed by atoms with van der Waals surface area (Å²) in [7, 11) is 0. The second kappa shape index (κ2) is 7.17. The van der Waals surface area contributed by atoms with Crippen LogP contribution in [0.4, 0.5) is 0 Å². The molecule has 0 atom stereocenters. The molecule has 0 radical (unpaired) electrons. The predicted octanol–water partition coefficient (Wildman–Crippen LogP) is 4.11. The molecule has 0 aliphatic heterocycles. The summed E-state index contributed by atoms with van der Waals surface area (Å²) in [6.07, 6.45) is 2.89. The van der Waals surface area contributed by atoms with E-state index in [1.54, 1.807) is 48.5 Å². The average molecular weight is 420 g/mol. The zero-order valence-electron chi connectivity index (χ0n) is 14.1. The van der Waals surface area contributed by atoms with Crippen LogP contribution >= 0.6 is 15.9 Å². The summed E-state index contributed by atoms with van der Waals surface area (Å²) in [5, 5.41) is 24.4. The van der Waals surface area contributed by atoms with Crippen molar-refractivity contribution in [3.05, 3.63) is 100 Å². The lowest BCUT2D eigenvalue weighted by molar-refractivity contribution is -0.594. The Morgan fingerprint density at radius 3 is 2.11 bits per heavy atom. The fourth-order valence-electron chi connectivity index (χ4n) is 2.84. The monoisotopic (exact) mass is 419 g/mol. The van der Waals surface area contributed by atoms with Crippen LogP contribution in [-0.4, -0.2) is 4.98 Å². The van der Waals surface area contributed by atoms with E-state index in [0.29, 0.717) is 22.8 Å². The molecule has 0 fully saturated rings. The molecule has 0 saturated heterocycles. The Labute approximate surface area is 164 Å². The highest BCUT2D eigenvalue weighted by atomic mass is 79.9. The molecule has 0 N–H and O–H groups in total. The number of hydrogen-bond donors (Lipinski definition) is 0. The summed E-state index contributed by atoms with van der Waals surface area (Å²) in [6, 6.07) is 21.9. The zero-order valence-corrected chi connectivity index (χ0v) is 15.7. The Balaban J connectivity index is 1.80. The van der Waals surface area contributed by atoms with Gasteiger partial charge in [-0.05, 0) is 41.5 Å². The van der Waals surface area contributed by atoms with Gasteiger partial charge in [-0.15, -0.1) is 0 Å². The standard InChI is InChI=1S/C21H14BrN3O2/c22-17-9-7-15(8-10-17)16-11-13-25(27)21(14-16)19-5-3-4-18(23-19)20-6-1-2-12-24(20)26/h1-14H. The highest BCUT2D eigenvalue weighted by Gasteiger charge is 2.16. The quantitative estimate of drug-likeness (QED) is 0.370. The molecule has 4 aromatic rings. The minimum atomic E-state index is 0.422. The van der Waals surface area contributed by atoms with Crippen LogP contribution in [0.15, 0.2) is 89.7 Å². The lowest BCUT2D eigenvalue weighted by atomic mass is 10.1. The predicted molar refractivity (Wildman–Crippen MR) is 106 cm³/mol. The number of nitrogens with zero attached hydrogens (tertiary/aromatic N) is 3. The van der Waals surface area contributed by atoms with Gasteiger partial charge in [-0.3, -0.25) is 0 Å². The lowest BCUT2D eigenvalue weighted by Gasteiger charge is -2.08. The van der Waals surface area contributed by atoms with E-state index in [1.165, 1.54) is 12.4 Å². The highest BCUT2D eigenvalue weighted by Crippen LogP contribution is 2.25. The van der Waals surface area contributed by atoms with Crippen LogP contribution in [-0.2, 0) is 0 Å². The summed E-state index contributed by atoms with van der Waals surface area (Å²) < 4.78 is 2.53. The van der Waals surface area contributed by atoms with Crippen molar-refractivity contribution in [2.75, 3.05) is 0 Å². The maximum atomic E-state index is 12.4. The van der Waals surface area contributed by atoms with Crippen molar-refractivity contribution in [2.45, 2.75) is 0 Å². The molecular weight excluding hydrogens is 406 g/mol. The van der Waals surface area contributed by atoms with Gasteiger partial charge in [0.05, 0.1) is 0 Å². The van der Waals surface area contributed by atoms with E-state index in [-0.39, 0.29) is 0 Å². The first-order chi connectivity index (χ1) is 13.1. The van der Waals surface area contributed by atoms with E-state index >= 15 is 0 Å². The first-order valence-corrected chi connectivity index (χ1v) is 9.06. The topological polar surface area (TPSA) is 66.8 Å². The number of benzene rings is 1. The third-order valence-corrected chi connectivity index (χ3v) is 4.72. The Morgan fingerprint density at radius 1 is 0.667 bits per heavy atom. The average Bonchev–Trinajstić information content (AvgIpc) is 2.69. The van der Waals surface area contributed by atoms with Gasteiger partial charge >= 0.3 is 0 Å². The van der Waals surface area contributed by atoms with Gasteiger partial charge in [0.15, 0.2) is 12.4 Å². The van der Waals surface area contributed by atoms with Crippen LogP contribution in [0.2, 0.25) is 0 Å². The fraction of sp³-hybridized carbons (Fsp3) is 0. The molecule has 3 heterocycles. The smallest absolute Gasteiger partial charge is 0.242 e. The highest BCUT2D eigenvalue weighted by molar-refractivity contribution is 9.10. The zero-order chi connectivity index (χ0) is 18.8. The largest absolute Gasteiger partial charge is 0.618 e. The molecule has 0 saturated carbocycles. The van der Waals surface area contributed by atoms with Gasteiger partial charge in [0.1, 0.15) is 11.4 Å². The molecule has 6 heteroatoms. The van der Waals surface area contributed by atoms with Crippen LogP contribution in [0.3, 0.4) is 0 Å². The van der Waals surface area contributed by atoms with Crippen molar-refractivity contribution < 1.29 is 9.46 Å². The molecule has 0 aliphatic carbocycles. The molecule has 5 nitrogen and oxygen atoms in total. The van der Waals surface area contributed by atoms with E-state index in [4.69, 9.17) is 0 Å². The number of rotatable bonds is 3. The normalized spacial score (nSPS) is 10.7. The van der Waals surface area contributed by atoms with E-state index in [2.05, 4.69) is 20.9 Å². The second-order valence-corrected chi connectivity index (χ2v) is 6.87. The minimum Gasteiger partial charge on any atom is -0.618 e. The third kappa shape index (κ3) is 3.52. The van der Waals surface area contributed by atoms with E-state index in [0.717, 1.165) is 25.1 Å². The molecule has 1 aromatic carbocycles. The molecule has 27 heavy (non-hydrogen) atoms. The summed E-state index contributed by atoms with van der Waals surface area (Å²) >= 11 is 3.43. The molecule has 0 unspecified atom stereocenters. The molecule has 0 spiro atoms. The summed E-state index contributed by atoms with van der Waals surface area (Å²) in [4.78, 5) is 4.53. The number of hydrogen-bond acceptors (Lipinski definition) is 3. The summed E-state index contributed by atoms with van der Waals surface area (Å²) in [5.41, 5.74) is 3.78. The van der Waals surface area contributed by atoms with Crippen molar-refractivity contribution in [3.8, 4) is 33.9 Å². The van der Waals surface area contributed by atoms with Crippen molar-refractivity contribution in [2.24, 2.45) is 0 Å². The molecule has 0 aliphatic rings. The SMILES string of the molecule is [O-][n+]1ccccc1-c1cccc(-c2cc(-c3ccc(Br)cc3)cc[n+]2[O-])n1. The van der Waals surface area contributed by atoms with Crippen molar-refractivity contribution in [1.29, 1.82) is 0 Å². The fourth-order valence-corrected chi connectivity index (χ4v) is 3.11. The Kier molecular flexibility index (Phi) is 4.56. The van der Waals surface area contributed by atoms with Gasteiger partial charge in [-0.1, -0.05) is 34.1 Å². The van der Waals surface area contributed by atoms with Gasteiger partial charge in [-0.25, -0.2) is 4.98 Å². The van der Waals surface area contributed by atoms with Crippen LogP contribution in [0, 0.1) is 10.4 Å². The van der Waals surface area contributed by atoms with Crippen molar-refractivity contribution in [3.63, 3.8) is 0 Å². The molecular formula is C21H14BrN3O2. The molecule has 132 valence electrons. The van der Waals surface area contributed by atoms with Gasteiger partial charge in [0.2, 0.25) is 11.4 Å². The molecule has 0 bridgehead atoms. The van der Waals surface area contributed by atoms with Crippen LogP contribution < -0.4 is 9.46 Å². The maximum Gasteiger partial charge on any atom is 0.242 e. The molecule has 3 aromatic heterocycles.